The fraction of sp³-hybridized carbons (Fsp3) is 0.391. The Labute approximate surface area is 155 Å². The van der Waals surface area contributed by atoms with Crippen molar-refractivity contribution in [3.05, 3.63) is 54.1 Å². The van der Waals surface area contributed by atoms with Crippen LogP contribution in [0, 0.1) is 34.5 Å². The number of phenols is 1. The van der Waals surface area contributed by atoms with E-state index < -0.39 is 5.41 Å². The highest BCUT2D eigenvalue weighted by Crippen LogP contribution is 2.38. The zero-order valence-electron chi connectivity index (χ0n) is 15.2. The molecule has 0 aliphatic heterocycles. The summed E-state index contributed by atoms with van der Waals surface area (Å²) >= 11 is 0. The normalized spacial score (nSPS) is 20.1. The van der Waals surface area contributed by atoms with Crippen LogP contribution in [0.1, 0.15) is 44.6 Å². The average Bonchev–Trinajstić information content (AvgIpc) is 2.69. The standard InChI is InChI=1S/C23H24N2O/c1-17-2-4-18(5-3-17)14-23(15-24,16-25)21-10-6-19(7-11-21)20-8-12-22(26)13-9-20/h6-13,17-18,26H,2-5,14H2,1H3. The van der Waals surface area contributed by atoms with E-state index in [-0.39, 0.29) is 5.75 Å². The minimum Gasteiger partial charge on any atom is -0.508 e. The lowest BCUT2D eigenvalue weighted by molar-refractivity contribution is 0.261. The quantitative estimate of drug-likeness (QED) is 0.789. The molecule has 0 radical (unpaired) electrons. The van der Waals surface area contributed by atoms with Crippen LogP contribution in [-0.4, -0.2) is 5.11 Å². The second-order valence-corrected chi connectivity index (χ2v) is 7.58. The highest BCUT2D eigenvalue weighted by Gasteiger charge is 2.36. The van der Waals surface area contributed by atoms with Gasteiger partial charge in [-0.2, -0.15) is 10.5 Å². The van der Waals surface area contributed by atoms with Crippen molar-refractivity contribution in [3.63, 3.8) is 0 Å². The summed E-state index contributed by atoms with van der Waals surface area (Å²) in [6.45, 7) is 2.28. The summed E-state index contributed by atoms with van der Waals surface area (Å²) in [5.74, 6) is 1.44. The molecule has 1 N–H and O–H groups in total. The second-order valence-electron chi connectivity index (χ2n) is 7.58. The molecule has 1 aliphatic carbocycles. The van der Waals surface area contributed by atoms with Crippen molar-refractivity contribution in [3.8, 4) is 29.0 Å². The van der Waals surface area contributed by atoms with Gasteiger partial charge >= 0.3 is 0 Å². The molecule has 0 amide bonds. The third-order valence-electron chi connectivity index (χ3n) is 5.69. The Bertz CT molecular complexity index is 802. The van der Waals surface area contributed by atoms with E-state index in [1.807, 2.05) is 36.4 Å². The van der Waals surface area contributed by atoms with Gasteiger partial charge in [0.25, 0.3) is 0 Å². The molecule has 132 valence electrons. The summed E-state index contributed by atoms with van der Waals surface area (Å²) in [7, 11) is 0. The first-order chi connectivity index (χ1) is 12.6. The Morgan fingerprint density at radius 3 is 1.88 bits per heavy atom. The molecular formula is C23H24N2O. The van der Waals surface area contributed by atoms with Gasteiger partial charge in [0.2, 0.25) is 0 Å². The zero-order valence-corrected chi connectivity index (χ0v) is 15.2. The van der Waals surface area contributed by atoms with E-state index in [1.54, 1.807) is 12.1 Å². The molecule has 0 saturated heterocycles. The van der Waals surface area contributed by atoms with Gasteiger partial charge in [0.15, 0.2) is 5.41 Å². The topological polar surface area (TPSA) is 67.8 Å². The molecule has 3 rings (SSSR count). The van der Waals surface area contributed by atoms with Crippen LogP contribution in [0.4, 0.5) is 0 Å². The lowest BCUT2D eigenvalue weighted by Gasteiger charge is -2.30. The smallest absolute Gasteiger partial charge is 0.168 e. The van der Waals surface area contributed by atoms with Crippen molar-refractivity contribution in [2.45, 2.75) is 44.4 Å². The molecular weight excluding hydrogens is 320 g/mol. The second kappa shape index (κ2) is 7.63. The number of phenolic OH excluding ortho intramolecular Hbond substituents is 1. The van der Waals surface area contributed by atoms with E-state index in [4.69, 9.17) is 0 Å². The molecule has 0 unspecified atom stereocenters. The first-order valence-electron chi connectivity index (χ1n) is 9.29. The highest BCUT2D eigenvalue weighted by atomic mass is 16.3. The molecule has 1 aliphatic rings. The van der Waals surface area contributed by atoms with Crippen LogP contribution < -0.4 is 0 Å². The van der Waals surface area contributed by atoms with Gasteiger partial charge in [0, 0.05) is 0 Å². The van der Waals surface area contributed by atoms with Crippen molar-refractivity contribution in [1.82, 2.24) is 0 Å². The summed E-state index contributed by atoms with van der Waals surface area (Å²) in [5.41, 5.74) is 1.71. The van der Waals surface area contributed by atoms with E-state index in [9.17, 15) is 15.6 Å². The van der Waals surface area contributed by atoms with E-state index in [1.165, 1.54) is 12.8 Å². The molecule has 3 heteroatoms. The summed E-state index contributed by atoms with van der Waals surface area (Å²) in [6, 6.07) is 19.4. The van der Waals surface area contributed by atoms with Crippen LogP contribution in [0.2, 0.25) is 0 Å². The summed E-state index contributed by atoms with van der Waals surface area (Å²) in [5, 5.41) is 29.1. The van der Waals surface area contributed by atoms with Gasteiger partial charge < -0.3 is 5.11 Å². The molecule has 26 heavy (non-hydrogen) atoms. The van der Waals surface area contributed by atoms with E-state index in [0.717, 1.165) is 35.4 Å². The Morgan fingerprint density at radius 1 is 0.885 bits per heavy atom. The zero-order chi connectivity index (χ0) is 18.6. The maximum atomic E-state index is 9.83. The number of nitriles is 2. The van der Waals surface area contributed by atoms with Crippen molar-refractivity contribution in [2.24, 2.45) is 11.8 Å². The third-order valence-corrected chi connectivity index (χ3v) is 5.69. The number of aromatic hydroxyl groups is 1. The number of nitrogens with zero attached hydrogens (tertiary/aromatic N) is 2. The predicted molar refractivity (Wildman–Crippen MR) is 102 cm³/mol. The van der Waals surface area contributed by atoms with Crippen LogP contribution >= 0.6 is 0 Å². The fourth-order valence-corrected chi connectivity index (χ4v) is 3.93. The predicted octanol–water partition coefficient (Wildman–Crippen LogP) is 5.56. The minimum absolute atomic E-state index is 0.236. The Balaban J connectivity index is 1.83. The van der Waals surface area contributed by atoms with Gasteiger partial charge in [0.05, 0.1) is 12.1 Å². The number of hydrogen-bond acceptors (Lipinski definition) is 3. The van der Waals surface area contributed by atoms with E-state index in [2.05, 4.69) is 19.1 Å². The Hall–Kier alpha value is -2.78. The Kier molecular flexibility index (Phi) is 5.29. The van der Waals surface area contributed by atoms with Crippen molar-refractivity contribution >= 4 is 0 Å². The van der Waals surface area contributed by atoms with Crippen molar-refractivity contribution in [1.29, 1.82) is 10.5 Å². The molecule has 0 spiro atoms. The van der Waals surface area contributed by atoms with Crippen LogP contribution in [0.25, 0.3) is 11.1 Å². The maximum Gasteiger partial charge on any atom is 0.168 e. The SMILES string of the molecule is CC1CCC(CC(C#N)(C#N)c2ccc(-c3ccc(O)cc3)cc2)CC1. The Morgan fingerprint density at radius 2 is 1.38 bits per heavy atom. The van der Waals surface area contributed by atoms with E-state index >= 15 is 0 Å². The van der Waals surface area contributed by atoms with Crippen LogP contribution in [0.3, 0.4) is 0 Å². The van der Waals surface area contributed by atoms with Crippen LogP contribution in [0.15, 0.2) is 48.5 Å². The van der Waals surface area contributed by atoms with Gasteiger partial charge in [-0.1, -0.05) is 69.0 Å². The molecule has 1 saturated carbocycles. The van der Waals surface area contributed by atoms with Gasteiger partial charge in [-0.05, 0) is 47.1 Å². The summed E-state index contributed by atoms with van der Waals surface area (Å²) < 4.78 is 0. The minimum atomic E-state index is -1.07. The molecule has 0 aromatic heterocycles. The number of benzene rings is 2. The molecule has 0 heterocycles. The monoisotopic (exact) mass is 344 g/mol. The lowest BCUT2D eigenvalue weighted by atomic mass is 9.71. The average molecular weight is 344 g/mol. The lowest BCUT2D eigenvalue weighted by Crippen LogP contribution is -2.27. The van der Waals surface area contributed by atoms with Gasteiger partial charge in [-0.3, -0.25) is 0 Å². The maximum absolute atomic E-state index is 9.83. The van der Waals surface area contributed by atoms with E-state index in [0.29, 0.717) is 12.3 Å². The van der Waals surface area contributed by atoms with Gasteiger partial charge in [-0.25, -0.2) is 0 Å². The van der Waals surface area contributed by atoms with Gasteiger partial charge in [-0.15, -0.1) is 0 Å². The van der Waals surface area contributed by atoms with Crippen LogP contribution in [-0.2, 0) is 5.41 Å². The highest BCUT2D eigenvalue weighted by molar-refractivity contribution is 5.65. The molecule has 0 atom stereocenters. The molecule has 2 aromatic carbocycles. The van der Waals surface area contributed by atoms with Crippen molar-refractivity contribution in [2.75, 3.05) is 0 Å². The van der Waals surface area contributed by atoms with Crippen molar-refractivity contribution < 1.29 is 5.11 Å². The molecule has 1 fully saturated rings. The molecule has 2 aromatic rings. The first kappa shape index (κ1) is 18.0. The number of hydrogen-bond donors (Lipinski definition) is 1. The van der Waals surface area contributed by atoms with Gasteiger partial charge in [0.1, 0.15) is 5.75 Å². The largest absolute Gasteiger partial charge is 0.508 e. The first-order valence-corrected chi connectivity index (χ1v) is 9.29. The number of rotatable bonds is 4. The summed E-state index contributed by atoms with van der Waals surface area (Å²) in [4.78, 5) is 0. The third kappa shape index (κ3) is 3.73. The summed E-state index contributed by atoms with van der Waals surface area (Å²) in [6.07, 6.45) is 5.22. The molecule has 3 nitrogen and oxygen atoms in total. The van der Waals surface area contributed by atoms with Crippen LogP contribution in [0.5, 0.6) is 5.75 Å². The fourth-order valence-electron chi connectivity index (χ4n) is 3.93. The molecule has 0 bridgehead atoms.